The van der Waals surface area contributed by atoms with Gasteiger partial charge in [0.15, 0.2) is 5.13 Å². The second-order valence-electron chi connectivity index (χ2n) is 11.1. The molecular formula is C27H39N9O6S3. The number of β-lactam (4-membered cyclic amide) rings is 1. The van der Waals surface area contributed by atoms with Gasteiger partial charge in [0.25, 0.3) is 5.91 Å². The van der Waals surface area contributed by atoms with Crippen molar-refractivity contribution in [3.63, 3.8) is 0 Å². The molecule has 1 saturated heterocycles. The number of tetrazole rings is 1. The molecule has 0 aromatic carbocycles. The zero-order chi connectivity index (χ0) is 32.7. The lowest BCUT2D eigenvalue weighted by Gasteiger charge is -2.49. The first-order valence-electron chi connectivity index (χ1n) is 14.6. The summed E-state index contributed by atoms with van der Waals surface area (Å²) in [7, 11) is 3.91. The van der Waals surface area contributed by atoms with Crippen LogP contribution in [-0.2, 0) is 41.6 Å². The van der Waals surface area contributed by atoms with E-state index in [1.54, 1.807) is 23.9 Å². The predicted octanol–water partition coefficient (Wildman–Crippen LogP) is 1.52. The Balaban J connectivity index is 1.53. The minimum absolute atomic E-state index is 0.0243. The van der Waals surface area contributed by atoms with Gasteiger partial charge in [-0.15, -0.1) is 28.2 Å². The highest BCUT2D eigenvalue weighted by atomic mass is 32.2. The van der Waals surface area contributed by atoms with Crippen LogP contribution in [0.1, 0.15) is 45.7 Å². The topological polar surface area (TPSA) is 188 Å². The second kappa shape index (κ2) is 15.9. The van der Waals surface area contributed by atoms with Crippen LogP contribution >= 0.6 is 34.9 Å². The Bertz CT molecular complexity index is 1410. The van der Waals surface area contributed by atoms with Crippen molar-refractivity contribution in [3.05, 3.63) is 22.3 Å². The maximum Gasteiger partial charge on any atom is 0.358 e. The molecule has 3 N–H and O–H groups in total. The van der Waals surface area contributed by atoms with Crippen LogP contribution in [0.2, 0.25) is 0 Å². The van der Waals surface area contributed by atoms with E-state index in [2.05, 4.69) is 25.8 Å². The molecule has 15 nitrogen and oxygen atoms in total. The van der Waals surface area contributed by atoms with E-state index in [4.69, 9.17) is 15.2 Å². The van der Waals surface area contributed by atoms with Crippen LogP contribution in [0.5, 0.6) is 0 Å². The van der Waals surface area contributed by atoms with Gasteiger partial charge in [0.05, 0.1) is 18.7 Å². The normalized spacial score (nSPS) is 18.6. The van der Waals surface area contributed by atoms with Gasteiger partial charge in [0.2, 0.25) is 17.4 Å². The van der Waals surface area contributed by atoms with Crippen LogP contribution in [0.25, 0.3) is 0 Å². The molecule has 2 aromatic rings. The fraction of sp³-hybridized carbons (Fsp3) is 0.630. The van der Waals surface area contributed by atoms with Crippen molar-refractivity contribution >= 4 is 63.7 Å². The van der Waals surface area contributed by atoms with Crippen LogP contribution in [0.4, 0.5) is 5.13 Å². The lowest BCUT2D eigenvalue weighted by molar-refractivity contribution is -0.195. The third kappa shape index (κ3) is 8.95. The molecule has 45 heavy (non-hydrogen) atoms. The number of nitrogens with one attached hydrogen (secondary N) is 1. The summed E-state index contributed by atoms with van der Waals surface area (Å²) in [4.78, 5) is 59.9. The van der Waals surface area contributed by atoms with Gasteiger partial charge < -0.3 is 25.4 Å². The number of likely N-dealkylation sites (N-methyl/N-ethyl adjacent to an activating group) is 1. The Morgan fingerprint density at radius 2 is 2.04 bits per heavy atom. The number of rotatable bonds is 16. The Hall–Kier alpha value is -3.22. The molecule has 0 spiro atoms. The van der Waals surface area contributed by atoms with Crippen LogP contribution < -0.4 is 11.1 Å². The Kier molecular flexibility index (Phi) is 12.2. The number of fused-ring (bicyclic) bond motifs is 1. The molecule has 3 atom stereocenters. The lowest BCUT2D eigenvalue weighted by atomic mass is 10.0. The van der Waals surface area contributed by atoms with Crippen molar-refractivity contribution in [2.75, 3.05) is 37.9 Å². The smallest absolute Gasteiger partial charge is 0.358 e. The average molecular weight is 682 g/mol. The van der Waals surface area contributed by atoms with Gasteiger partial charge in [0, 0.05) is 35.8 Å². The molecule has 4 heterocycles. The van der Waals surface area contributed by atoms with E-state index in [1.165, 1.54) is 39.8 Å². The van der Waals surface area contributed by atoms with Crippen molar-refractivity contribution in [2.24, 2.45) is 5.92 Å². The predicted molar refractivity (Wildman–Crippen MR) is 170 cm³/mol. The minimum atomic E-state index is -1.13. The van der Waals surface area contributed by atoms with Gasteiger partial charge >= 0.3 is 11.9 Å². The number of unbranched alkanes of at least 4 members (excludes halogenated alkanes) is 1. The van der Waals surface area contributed by atoms with E-state index >= 15 is 0 Å². The first-order valence-corrected chi connectivity index (χ1v) is 17.5. The van der Waals surface area contributed by atoms with Gasteiger partial charge in [-0.25, -0.2) is 14.5 Å². The number of anilines is 1. The fourth-order valence-corrected chi connectivity index (χ4v) is 7.38. The van der Waals surface area contributed by atoms with E-state index in [0.29, 0.717) is 46.0 Å². The summed E-state index contributed by atoms with van der Waals surface area (Å²) in [6, 6.07) is -0.832. The standard InChI is InChI=1S/C27H39N9O6S3/c1-6-7-8-19(38)41-25(15(2)3)42-24(40)21-16(13-45-27-31-32-33-35(27)10-9-34(4)5)12-43-23-20(22(39)36(21)23)30-18(37)11-17-14-44-26(28)29-17/h14-15,20,23,25H,6-13H2,1-5H3,(H2,28,29)(H,30,37)/t20-,23+,25?/m1/s1. The summed E-state index contributed by atoms with van der Waals surface area (Å²) in [5.74, 6) is -1.68. The number of thioether (sulfide) groups is 2. The number of nitrogens with zero attached hydrogens (tertiary/aromatic N) is 7. The van der Waals surface area contributed by atoms with Gasteiger partial charge in [-0.05, 0) is 36.5 Å². The quantitative estimate of drug-likeness (QED) is 0.112. The summed E-state index contributed by atoms with van der Waals surface area (Å²) in [5, 5.41) is 16.8. The van der Waals surface area contributed by atoms with E-state index in [-0.39, 0.29) is 30.4 Å². The third-order valence-corrected chi connectivity index (χ3v) is 9.96. The molecule has 0 aliphatic carbocycles. The molecule has 2 aromatic heterocycles. The van der Waals surface area contributed by atoms with Crippen LogP contribution in [0.3, 0.4) is 0 Å². The molecule has 4 rings (SSSR count). The van der Waals surface area contributed by atoms with Crippen molar-refractivity contribution in [3.8, 4) is 0 Å². The zero-order valence-corrected chi connectivity index (χ0v) is 28.4. The summed E-state index contributed by atoms with van der Waals surface area (Å²) in [6.45, 7) is 6.83. The number of thiazole rings is 1. The molecule has 0 saturated carbocycles. The monoisotopic (exact) mass is 681 g/mol. The first kappa shape index (κ1) is 34.6. The van der Waals surface area contributed by atoms with Gasteiger partial charge in [-0.3, -0.25) is 19.3 Å². The van der Waals surface area contributed by atoms with Crippen LogP contribution in [-0.4, -0.2) is 109 Å². The fourth-order valence-electron chi connectivity index (χ4n) is 4.43. The number of nitrogen functional groups attached to an aromatic ring is 1. The number of ether oxygens (including phenoxy) is 2. The third-order valence-electron chi connectivity index (χ3n) is 6.85. The van der Waals surface area contributed by atoms with Crippen molar-refractivity contribution in [2.45, 2.75) is 75.9 Å². The van der Waals surface area contributed by atoms with Gasteiger partial charge in [-0.1, -0.05) is 39.0 Å². The second-order valence-corrected chi connectivity index (χ2v) is 14.1. The van der Waals surface area contributed by atoms with Gasteiger partial charge in [0.1, 0.15) is 17.1 Å². The number of esters is 2. The highest BCUT2D eigenvalue weighted by molar-refractivity contribution is 8.01. The molecule has 1 unspecified atom stereocenters. The van der Waals surface area contributed by atoms with Crippen molar-refractivity contribution in [1.82, 2.24) is 40.3 Å². The molecule has 1 fully saturated rings. The summed E-state index contributed by atoms with van der Waals surface area (Å²) in [5.41, 5.74) is 6.91. The van der Waals surface area contributed by atoms with Crippen LogP contribution in [0.15, 0.2) is 21.8 Å². The molecule has 2 amide bonds. The Labute approximate surface area is 274 Å². The summed E-state index contributed by atoms with van der Waals surface area (Å²) < 4.78 is 12.9. The molecule has 246 valence electrons. The van der Waals surface area contributed by atoms with E-state index in [1.807, 2.05) is 25.9 Å². The Morgan fingerprint density at radius 1 is 1.27 bits per heavy atom. The molecular weight excluding hydrogens is 643 g/mol. The number of carbonyl (C=O) groups is 4. The lowest BCUT2D eigenvalue weighted by Crippen LogP contribution is -2.70. The molecule has 18 heteroatoms. The number of amides is 2. The van der Waals surface area contributed by atoms with E-state index in [9.17, 15) is 19.2 Å². The number of carbonyl (C=O) groups excluding carboxylic acids is 4. The minimum Gasteiger partial charge on any atom is -0.425 e. The molecule has 2 aliphatic heterocycles. The summed E-state index contributed by atoms with van der Waals surface area (Å²) >= 11 is 4.01. The molecule has 0 bridgehead atoms. The van der Waals surface area contributed by atoms with E-state index in [0.717, 1.165) is 13.0 Å². The van der Waals surface area contributed by atoms with Crippen molar-refractivity contribution in [1.29, 1.82) is 0 Å². The zero-order valence-electron chi connectivity index (χ0n) is 25.9. The van der Waals surface area contributed by atoms with E-state index < -0.39 is 35.6 Å². The first-order chi connectivity index (χ1) is 21.5. The average Bonchev–Trinajstić information content (AvgIpc) is 3.63. The number of hydrogen-bond acceptors (Lipinski definition) is 15. The van der Waals surface area contributed by atoms with Gasteiger partial charge in [-0.2, -0.15) is 0 Å². The Morgan fingerprint density at radius 3 is 2.71 bits per heavy atom. The highest BCUT2D eigenvalue weighted by Gasteiger charge is 2.54. The van der Waals surface area contributed by atoms with Crippen LogP contribution in [0, 0.1) is 5.92 Å². The summed E-state index contributed by atoms with van der Waals surface area (Å²) in [6.07, 6.45) is 0.528. The molecule has 0 radical (unpaired) electrons. The van der Waals surface area contributed by atoms with Crippen molar-refractivity contribution < 1.29 is 28.7 Å². The highest BCUT2D eigenvalue weighted by Crippen LogP contribution is 2.42. The number of hydrogen-bond donors (Lipinski definition) is 2. The number of nitrogens with two attached hydrogens (primary N) is 1. The largest absolute Gasteiger partial charge is 0.425 e. The maximum absolute atomic E-state index is 13.8. The molecule has 2 aliphatic rings. The number of aromatic nitrogens is 5. The maximum atomic E-state index is 13.8. The SMILES string of the molecule is CCCCC(=O)OC(OC(=O)C1=C(CSc2nnnn2CCN(C)C)CS[C@H]2[C@H](NC(=O)Cc3csc(N)n3)C(=O)N12)C(C)C.